The summed E-state index contributed by atoms with van der Waals surface area (Å²) < 4.78 is 34.1. The number of rotatable bonds is 2. The highest BCUT2D eigenvalue weighted by Crippen LogP contribution is 2.15. The van der Waals surface area contributed by atoms with E-state index in [-0.39, 0.29) is 11.1 Å². The van der Waals surface area contributed by atoms with Gasteiger partial charge >= 0.3 is 0 Å². The van der Waals surface area contributed by atoms with Crippen LogP contribution in [0.3, 0.4) is 0 Å². The van der Waals surface area contributed by atoms with E-state index in [0.717, 1.165) is 12.1 Å². The van der Waals surface area contributed by atoms with Crippen molar-refractivity contribution in [3.8, 4) is 6.07 Å². The number of hydrogen-bond acceptors (Lipinski definition) is 3. The third-order valence-corrected chi connectivity index (χ3v) is 2.50. The SMILES string of the molecule is N#Cc1ccc(F)cc1CS(=O)(=O)Cl. The maximum Gasteiger partial charge on any atom is 0.236 e. The van der Waals surface area contributed by atoms with E-state index in [1.807, 2.05) is 0 Å². The zero-order valence-electron chi connectivity index (χ0n) is 6.87. The van der Waals surface area contributed by atoms with Gasteiger partial charge in [-0.2, -0.15) is 5.26 Å². The van der Waals surface area contributed by atoms with Crippen LogP contribution in [0.2, 0.25) is 0 Å². The van der Waals surface area contributed by atoms with Gasteiger partial charge in [0, 0.05) is 10.7 Å². The van der Waals surface area contributed by atoms with Crippen molar-refractivity contribution in [3.63, 3.8) is 0 Å². The van der Waals surface area contributed by atoms with E-state index >= 15 is 0 Å². The van der Waals surface area contributed by atoms with Gasteiger partial charge in [-0.25, -0.2) is 12.8 Å². The maximum absolute atomic E-state index is 12.7. The van der Waals surface area contributed by atoms with Gasteiger partial charge < -0.3 is 0 Å². The van der Waals surface area contributed by atoms with Crippen LogP contribution in [0.4, 0.5) is 4.39 Å². The van der Waals surface area contributed by atoms with Crippen molar-refractivity contribution in [1.29, 1.82) is 5.26 Å². The van der Waals surface area contributed by atoms with Crippen molar-refractivity contribution in [2.24, 2.45) is 0 Å². The number of hydrogen-bond donors (Lipinski definition) is 0. The van der Waals surface area contributed by atoms with Gasteiger partial charge in [0.25, 0.3) is 0 Å². The first-order valence-electron chi connectivity index (χ1n) is 3.53. The number of nitriles is 1. The van der Waals surface area contributed by atoms with Gasteiger partial charge in [0.2, 0.25) is 9.05 Å². The molecule has 6 heteroatoms. The van der Waals surface area contributed by atoms with Gasteiger partial charge in [-0.3, -0.25) is 0 Å². The molecule has 0 saturated heterocycles. The molecule has 0 saturated carbocycles. The maximum atomic E-state index is 12.7. The predicted molar refractivity (Wildman–Crippen MR) is 49.6 cm³/mol. The Hall–Kier alpha value is -1.12. The van der Waals surface area contributed by atoms with Gasteiger partial charge in [-0.1, -0.05) is 0 Å². The largest absolute Gasteiger partial charge is 0.236 e. The topological polar surface area (TPSA) is 57.9 Å². The second kappa shape index (κ2) is 3.95. The van der Waals surface area contributed by atoms with Gasteiger partial charge in [-0.05, 0) is 23.8 Å². The standard InChI is InChI=1S/C8H5ClFNO2S/c9-14(12,13)5-7-3-8(10)2-1-6(7)4-11/h1-3H,5H2. The summed E-state index contributed by atoms with van der Waals surface area (Å²) >= 11 is 0. The molecule has 1 aromatic rings. The number of halogens is 2. The summed E-state index contributed by atoms with van der Waals surface area (Å²) in [5.41, 5.74) is 0.179. The zero-order valence-corrected chi connectivity index (χ0v) is 8.44. The van der Waals surface area contributed by atoms with Gasteiger partial charge in [0.1, 0.15) is 5.82 Å². The van der Waals surface area contributed by atoms with Crippen LogP contribution >= 0.6 is 10.7 Å². The monoisotopic (exact) mass is 233 g/mol. The molecule has 1 aromatic carbocycles. The fourth-order valence-corrected chi connectivity index (χ4v) is 1.94. The Morgan fingerprint density at radius 3 is 2.64 bits per heavy atom. The molecule has 0 N–H and O–H groups in total. The summed E-state index contributed by atoms with van der Waals surface area (Å²) in [6, 6.07) is 5.04. The van der Waals surface area contributed by atoms with E-state index < -0.39 is 20.6 Å². The second-order valence-electron chi connectivity index (χ2n) is 2.60. The van der Waals surface area contributed by atoms with E-state index in [0.29, 0.717) is 0 Å². The third-order valence-electron chi connectivity index (χ3n) is 1.52. The van der Waals surface area contributed by atoms with E-state index in [1.54, 1.807) is 6.07 Å². The summed E-state index contributed by atoms with van der Waals surface area (Å²) in [6.07, 6.45) is 0. The van der Waals surface area contributed by atoms with Crippen LogP contribution in [0.5, 0.6) is 0 Å². The van der Waals surface area contributed by atoms with Crippen molar-refractivity contribution in [2.45, 2.75) is 5.75 Å². The van der Waals surface area contributed by atoms with Crippen LogP contribution < -0.4 is 0 Å². The van der Waals surface area contributed by atoms with Crippen LogP contribution in [-0.4, -0.2) is 8.42 Å². The Kier molecular flexibility index (Phi) is 3.09. The highest BCUT2D eigenvalue weighted by Gasteiger charge is 2.11. The van der Waals surface area contributed by atoms with Crippen molar-refractivity contribution >= 4 is 19.7 Å². The summed E-state index contributed by atoms with van der Waals surface area (Å²) in [7, 11) is 1.22. The minimum atomic E-state index is -3.77. The Balaban J connectivity index is 3.20. The first-order valence-corrected chi connectivity index (χ1v) is 6.01. The van der Waals surface area contributed by atoms with E-state index in [9.17, 15) is 12.8 Å². The molecule has 0 fully saturated rings. The Bertz CT molecular complexity index is 493. The quantitative estimate of drug-likeness (QED) is 0.732. The predicted octanol–water partition coefficient (Wildman–Crippen LogP) is 1.77. The van der Waals surface area contributed by atoms with Crippen LogP contribution in [-0.2, 0) is 14.8 Å². The van der Waals surface area contributed by atoms with Gasteiger partial charge in [0.15, 0.2) is 0 Å². The molecule has 14 heavy (non-hydrogen) atoms. The molecule has 0 aromatic heterocycles. The fraction of sp³-hybridized carbons (Fsp3) is 0.125. The number of nitrogens with zero attached hydrogens (tertiary/aromatic N) is 1. The Labute approximate surface area is 85.2 Å². The lowest BCUT2D eigenvalue weighted by Gasteiger charge is -2.00. The molecular formula is C8H5ClFNO2S. The smallest absolute Gasteiger partial charge is 0.212 e. The highest BCUT2D eigenvalue weighted by molar-refractivity contribution is 8.13. The molecule has 74 valence electrons. The molecule has 0 amide bonds. The molecule has 0 aliphatic carbocycles. The highest BCUT2D eigenvalue weighted by atomic mass is 35.7. The molecule has 0 atom stereocenters. The minimum absolute atomic E-state index is 0.0718. The lowest BCUT2D eigenvalue weighted by molar-refractivity contribution is 0.607. The molecule has 1 rings (SSSR count). The van der Waals surface area contributed by atoms with Gasteiger partial charge in [-0.15, -0.1) is 0 Å². The fourth-order valence-electron chi connectivity index (χ4n) is 0.977. The number of benzene rings is 1. The molecule has 0 unspecified atom stereocenters. The average molecular weight is 234 g/mol. The lowest BCUT2D eigenvalue weighted by Crippen LogP contribution is -1.98. The van der Waals surface area contributed by atoms with E-state index in [1.165, 1.54) is 6.07 Å². The Morgan fingerprint density at radius 1 is 1.50 bits per heavy atom. The zero-order chi connectivity index (χ0) is 10.8. The molecule has 0 spiro atoms. The summed E-state index contributed by atoms with van der Waals surface area (Å²) in [5, 5.41) is 8.60. The van der Waals surface area contributed by atoms with Crippen molar-refractivity contribution in [1.82, 2.24) is 0 Å². The van der Waals surface area contributed by atoms with Crippen molar-refractivity contribution in [2.75, 3.05) is 0 Å². The summed E-state index contributed by atoms with van der Waals surface area (Å²) in [6.45, 7) is 0. The molecular weight excluding hydrogens is 229 g/mol. The molecule has 0 radical (unpaired) electrons. The molecule has 0 heterocycles. The van der Waals surface area contributed by atoms with Crippen LogP contribution in [0, 0.1) is 17.1 Å². The van der Waals surface area contributed by atoms with Crippen molar-refractivity contribution in [3.05, 3.63) is 35.1 Å². The second-order valence-corrected chi connectivity index (χ2v) is 5.37. The normalized spacial score (nSPS) is 10.9. The van der Waals surface area contributed by atoms with Gasteiger partial charge in [0.05, 0.1) is 17.4 Å². The third kappa shape index (κ3) is 2.98. The minimum Gasteiger partial charge on any atom is -0.212 e. The first kappa shape index (κ1) is 11.0. The molecule has 0 aliphatic rings. The van der Waals surface area contributed by atoms with E-state index in [4.69, 9.17) is 15.9 Å². The summed E-state index contributed by atoms with van der Waals surface area (Å²) in [4.78, 5) is 0. The molecule has 0 bridgehead atoms. The first-order chi connectivity index (χ1) is 6.42. The lowest BCUT2D eigenvalue weighted by atomic mass is 10.1. The van der Waals surface area contributed by atoms with E-state index in [2.05, 4.69) is 0 Å². The van der Waals surface area contributed by atoms with Crippen LogP contribution in [0.1, 0.15) is 11.1 Å². The van der Waals surface area contributed by atoms with Crippen molar-refractivity contribution < 1.29 is 12.8 Å². The van der Waals surface area contributed by atoms with Crippen LogP contribution in [0.25, 0.3) is 0 Å². The Morgan fingerprint density at radius 2 is 2.14 bits per heavy atom. The summed E-state index contributed by atoms with van der Waals surface area (Å²) in [5.74, 6) is -1.14. The molecule has 0 aliphatic heterocycles. The molecule has 3 nitrogen and oxygen atoms in total. The average Bonchev–Trinajstić information content (AvgIpc) is 2.01. The van der Waals surface area contributed by atoms with Crippen LogP contribution in [0.15, 0.2) is 18.2 Å².